The minimum Gasteiger partial charge on any atom is -0.459 e. The Morgan fingerprint density at radius 2 is 2.07 bits per heavy atom. The van der Waals surface area contributed by atoms with Gasteiger partial charge in [0.25, 0.3) is 5.56 Å². The fraction of sp³-hybridized carbons (Fsp3) is 0.316. The Bertz CT molecular complexity index is 1020. The van der Waals surface area contributed by atoms with Crippen molar-refractivity contribution in [2.24, 2.45) is 0 Å². The van der Waals surface area contributed by atoms with Crippen LogP contribution in [0.1, 0.15) is 23.9 Å². The number of benzene rings is 1. The fourth-order valence-corrected chi connectivity index (χ4v) is 2.91. The van der Waals surface area contributed by atoms with Crippen molar-refractivity contribution in [1.82, 2.24) is 15.3 Å². The molecule has 0 bridgehead atoms. The molecule has 8 nitrogen and oxygen atoms in total. The number of carbonyl (C=O) groups excluding carboxylic acids is 1. The number of anilines is 2. The Labute approximate surface area is 156 Å². The number of aromatic nitrogens is 2. The largest absolute Gasteiger partial charge is 0.459 e. The highest BCUT2D eigenvalue weighted by Gasteiger charge is 2.13. The molecule has 2 heterocycles. The van der Waals surface area contributed by atoms with Gasteiger partial charge in [0.05, 0.1) is 5.69 Å². The number of rotatable bonds is 6. The number of nitrogens with zero attached hydrogens (tertiary/aromatic N) is 1. The molecule has 0 unspecified atom stereocenters. The van der Waals surface area contributed by atoms with Crippen LogP contribution in [0.4, 0.5) is 16.4 Å². The van der Waals surface area contributed by atoms with Crippen molar-refractivity contribution >= 4 is 28.6 Å². The van der Waals surface area contributed by atoms with Crippen LogP contribution in [0.15, 0.2) is 33.5 Å². The maximum absolute atomic E-state index is 12.2. The van der Waals surface area contributed by atoms with Crippen molar-refractivity contribution in [2.75, 3.05) is 23.7 Å². The molecule has 0 aliphatic rings. The summed E-state index contributed by atoms with van der Waals surface area (Å²) in [5.41, 5.74) is 2.82. The number of furan rings is 1. The summed E-state index contributed by atoms with van der Waals surface area (Å²) in [4.78, 5) is 30.3. The van der Waals surface area contributed by atoms with Gasteiger partial charge < -0.3 is 20.4 Å². The molecule has 1 aromatic carbocycles. The van der Waals surface area contributed by atoms with Crippen LogP contribution in [0.3, 0.4) is 0 Å². The van der Waals surface area contributed by atoms with Gasteiger partial charge in [-0.25, -0.2) is 9.78 Å². The molecule has 0 saturated carbocycles. The molecule has 0 saturated heterocycles. The lowest BCUT2D eigenvalue weighted by Gasteiger charge is -2.09. The number of nitrogens with one attached hydrogen (secondary N) is 4. The minimum atomic E-state index is -0.331. The molecule has 0 aliphatic heterocycles. The van der Waals surface area contributed by atoms with E-state index in [0.717, 1.165) is 23.1 Å². The average Bonchev–Trinajstić information content (AvgIpc) is 2.95. The predicted molar refractivity (Wildman–Crippen MR) is 105 cm³/mol. The zero-order valence-electron chi connectivity index (χ0n) is 15.6. The van der Waals surface area contributed by atoms with Crippen LogP contribution in [0, 0.1) is 13.8 Å². The molecular weight excluding hydrogens is 346 g/mol. The van der Waals surface area contributed by atoms with E-state index in [4.69, 9.17) is 4.42 Å². The van der Waals surface area contributed by atoms with Crippen molar-refractivity contribution < 1.29 is 9.21 Å². The van der Waals surface area contributed by atoms with E-state index in [2.05, 4.69) is 25.9 Å². The molecule has 2 aromatic heterocycles. The molecular formula is C19H23N5O3. The van der Waals surface area contributed by atoms with Gasteiger partial charge in [0.15, 0.2) is 5.58 Å². The standard InChI is InChI=1S/C19H23N5O3/c1-4-15-12(3)13-6-5-7-14(17(13)27-15)23-19(26)21-9-8-20-18-22-11(2)10-16(25)24-18/h5-7,10H,4,8-9H2,1-3H3,(H2,21,23,26)(H2,20,22,24,25). The lowest BCUT2D eigenvalue weighted by atomic mass is 10.1. The number of fused-ring (bicyclic) bond motifs is 1. The van der Waals surface area contributed by atoms with Crippen molar-refractivity contribution in [3.05, 3.63) is 51.6 Å². The van der Waals surface area contributed by atoms with Crippen molar-refractivity contribution in [3.63, 3.8) is 0 Å². The molecule has 3 aromatic rings. The highest BCUT2D eigenvalue weighted by molar-refractivity contribution is 6.00. The average molecular weight is 369 g/mol. The molecule has 4 N–H and O–H groups in total. The van der Waals surface area contributed by atoms with E-state index in [0.29, 0.717) is 36.0 Å². The van der Waals surface area contributed by atoms with Gasteiger partial charge in [-0.3, -0.25) is 9.78 Å². The number of amides is 2. The van der Waals surface area contributed by atoms with Crippen LogP contribution in [0.2, 0.25) is 0 Å². The number of carbonyl (C=O) groups is 1. The third-order valence-electron chi connectivity index (χ3n) is 4.20. The number of H-pyrrole nitrogens is 1. The molecule has 27 heavy (non-hydrogen) atoms. The molecule has 8 heteroatoms. The highest BCUT2D eigenvalue weighted by Crippen LogP contribution is 2.31. The van der Waals surface area contributed by atoms with E-state index >= 15 is 0 Å². The third kappa shape index (κ3) is 4.28. The number of para-hydroxylation sites is 1. The Morgan fingerprint density at radius 3 is 2.81 bits per heavy atom. The Hall–Kier alpha value is -3.29. The van der Waals surface area contributed by atoms with E-state index in [9.17, 15) is 9.59 Å². The molecule has 0 radical (unpaired) electrons. The van der Waals surface area contributed by atoms with Crippen LogP contribution in [-0.2, 0) is 6.42 Å². The molecule has 142 valence electrons. The second-order valence-corrected chi connectivity index (χ2v) is 6.23. The van der Waals surface area contributed by atoms with Gasteiger partial charge in [-0.2, -0.15) is 0 Å². The summed E-state index contributed by atoms with van der Waals surface area (Å²) in [5, 5.41) is 9.54. The van der Waals surface area contributed by atoms with Gasteiger partial charge >= 0.3 is 6.03 Å². The summed E-state index contributed by atoms with van der Waals surface area (Å²) in [7, 11) is 0. The van der Waals surface area contributed by atoms with Gasteiger partial charge in [0.2, 0.25) is 5.95 Å². The van der Waals surface area contributed by atoms with Crippen molar-refractivity contribution in [3.8, 4) is 0 Å². The first-order valence-electron chi connectivity index (χ1n) is 8.85. The Balaban J connectivity index is 1.57. The van der Waals surface area contributed by atoms with Gasteiger partial charge in [-0.05, 0) is 25.5 Å². The SMILES string of the molecule is CCc1oc2c(NC(=O)NCCNc3nc(C)cc(=O)[nH]3)cccc2c1C. The summed E-state index contributed by atoms with van der Waals surface area (Å²) < 4.78 is 5.89. The number of aryl methyl sites for hydroxylation is 3. The first kappa shape index (κ1) is 18.5. The Morgan fingerprint density at radius 1 is 1.26 bits per heavy atom. The first-order valence-corrected chi connectivity index (χ1v) is 8.85. The first-order chi connectivity index (χ1) is 13.0. The van der Waals surface area contributed by atoms with Gasteiger partial charge in [-0.1, -0.05) is 19.1 Å². The third-order valence-corrected chi connectivity index (χ3v) is 4.20. The van der Waals surface area contributed by atoms with E-state index in [1.54, 1.807) is 6.92 Å². The lowest BCUT2D eigenvalue weighted by Crippen LogP contribution is -2.33. The van der Waals surface area contributed by atoms with Gasteiger partial charge in [0.1, 0.15) is 5.76 Å². The maximum atomic E-state index is 12.2. The summed E-state index contributed by atoms with van der Waals surface area (Å²) in [5.74, 6) is 1.30. The van der Waals surface area contributed by atoms with Crippen LogP contribution >= 0.6 is 0 Å². The second kappa shape index (κ2) is 7.94. The van der Waals surface area contributed by atoms with E-state index < -0.39 is 0 Å². The lowest BCUT2D eigenvalue weighted by molar-refractivity contribution is 0.252. The van der Waals surface area contributed by atoms with Crippen LogP contribution < -0.4 is 21.5 Å². The number of hydrogen-bond acceptors (Lipinski definition) is 5. The Kier molecular flexibility index (Phi) is 5.44. The summed E-state index contributed by atoms with van der Waals surface area (Å²) >= 11 is 0. The summed E-state index contributed by atoms with van der Waals surface area (Å²) in [6, 6.07) is 6.76. The van der Waals surface area contributed by atoms with Crippen molar-refractivity contribution in [1.29, 1.82) is 0 Å². The van der Waals surface area contributed by atoms with Gasteiger partial charge in [-0.15, -0.1) is 0 Å². The van der Waals surface area contributed by atoms with E-state index in [1.165, 1.54) is 6.07 Å². The van der Waals surface area contributed by atoms with E-state index in [1.807, 2.05) is 32.0 Å². The molecule has 2 amide bonds. The number of urea groups is 1. The second-order valence-electron chi connectivity index (χ2n) is 6.23. The molecule has 0 fully saturated rings. The zero-order valence-corrected chi connectivity index (χ0v) is 15.6. The molecule has 0 spiro atoms. The van der Waals surface area contributed by atoms with Crippen LogP contribution in [0.5, 0.6) is 0 Å². The minimum absolute atomic E-state index is 0.219. The fourth-order valence-electron chi connectivity index (χ4n) is 2.91. The zero-order chi connectivity index (χ0) is 19.4. The molecule has 0 aliphatic carbocycles. The smallest absolute Gasteiger partial charge is 0.319 e. The normalized spacial score (nSPS) is 10.8. The topological polar surface area (TPSA) is 112 Å². The summed E-state index contributed by atoms with van der Waals surface area (Å²) in [6.45, 7) is 6.57. The van der Waals surface area contributed by atoms with Crippen LogP contribution in [-0.4, -0.2) is 29.1 Å². The summed E-state index contributed by atoms with van der Waals surface area (Å²) in [6.07, 6.45) is 0.799. The predicted octanol–water partition coefficient (Wildman–Crippen LogP) is 2.93. The number of aromatic amines is 1. The highest BCUT2D eigenvalue weighted by atomic mass is 16.3. The maximum Gasteiger partial charge on any atom is 0.319 e. The quantitative estimate of drug-likeness (QED) is 0.499. The van der Waals surface area contributed by atoms with Crippen molar-refractivity contribution in [2.45, 2.75) is 27.2 Å². The monoisotopic (exact) mass is 369 g/mol. The number of hydrogen-bond donors (Lipinski definition) is 4. The molecule has 3 rings (SSSR count). The van der Waals surface area contributed by atoms with Crippen LogP contribution in [0.25, 0.3) is 11.0 Å². The van der Waals surface area contributed by atoms with Gasteiger partial charge in [0, 0.05) is 36.7 Å². The molecule has 0 atom stereocenters. The van der Waals surface area contributed by atoms with E-state index in [-0.39, 0.29) is 11.6 Å².